The standard InChI is InChI=1S/C20H18F2N4O2/c1-28-12-8-15(21)14(16(22)9-12)10-26-7-5-13-18(11-26)24-19(25-20(13)27)17-4-2-3-6-23-17/h2-4,6,8-9H,5,7,10-11H2,1H3,(H,24,25,27). The topological polar surface area (TPSA) is 71.1 Å². The summed E-state index contributed by atoms with van der Waals surface area (Å²) in [5, 5.41) is 0. The predicted octanol–water partition coefficient (Wildman–Crippen LogP) is 2.68. The number of aromatic amines is 1. The quantitative estimate of drug-likeness (QED) is 0.749. The Labute approximate surface area is 159 Å². The highest BCUT2D eigenvalue weighted by atomic mass is 19.1. The molecule has 4 rings (SSSR count). The Hall–Kier alpha value is -3.13. The van der Waals surface area contributed by atoms with Gasteiger partial charge in [0, 0.05) is 49.1 Å². The van der Waals surface area contributed by atoms with Crippen molar-refractivity contribution in [3.63, 3.8) is 0 Å². The maximum Gasteiger partial charge on any atom is 0.254 e. The minimum absolute atomic E-state index is 0.0287. The zero-order valence-electron chi connectivity index (χ0n) is 15.2. The Balaban J connectivity index is 1.61. The minimum Gasteiger partial charge on any atom is -0.497 e. The smallest absolute Gasteiger partial charge is 0.254 e. The Morgan fingerprint density at radius 2 is 2.04 bits per heavy atom. The minimum atomic E-state index is -0.657. The van der Waals surface area contributed by atoms with Crippen LogP contribution < -0.4 is 10.3 Å². The maximum absolute atomic E-state index is 14.3. The van der Waals surface area contributed by atoms with E-state index in [1.807, 2.05) is 11.0 Å². The van der Waals surface area contributed by atoms with Crippen molar-refractivity contribution in [1.82, 2.24) is 19.9 Å². The van der Waals surface area contributed by atoms with Crippen molar-refractivity contribution in [2.75, 3.05) is 13.7 Å². The number of methoxy groups -OCH3 is 1. The third-order valence-electron chi connectivity index (χ3n) is 4.79. The van der Waals surface area contributed by atoms with Crippen LogP contribution in [0.25, 0.3) is 11.5 Å². The van der Waals surface area contributed by atoms with Crippen LogP contribution in [0.5, 0.6) is 5.75 Å². The first-order valence-electron chi connectivity index (χ1n) is 8.83. The molecule has 0 fully saturated rings. The van der Waals surface area contributed by atoms with Crippen molar-refractivity contribution in [3.8, 4) is 17.3 Å². The van der Waals surface area contributed by atoms with Crippen molar-refractivity contribution < 1.29 is 13.5 Å². The molecular formula is C20H18F2N4O2. The van der Waals surface area contributed by atoms with Crippen LogP contribution in [-0.4, -0.2) is 33.5 Å². The fourth-order valence-electron chi connectivity index (χ4n) is 3.33. The number of H-pyrrole nitrogens is 1. The fraction of sp³-hybridized carbons (Fsp3) is 0.250. The van der Waals surface area contributed by atoms with Crippen molar-refractivity contribution in [1.29, 1.82) is 0 Å². The van der Waals surface area contributed by atoms with Gasteiger partial charge in [0.05, 0.1) is 12.8 Å². The number of nitrogens with one attached hydrogen (secondary N) is 1. The van der Waals surface area contributed by atoms with E-state index in [1.54, 1.807) is 18.3 Å². The number of rotatable bonds is 4. The number of ether oxygens (including phenoxy) is 1. The molecule has 0 amide bonds. The molecule has 2 aromatic heterocycles. The molecule has 0 saturated carbocycles. The van der Waals surface area contributed by atoms with E-state index in [1.165, 1.54) is 19.2 Å². The average Bonchev–Trinajstić information content (AvgIpc) is 2.71. The van der Waals surface area contributed by atoms with Gasteiger partial charge in [-0.2, -0.15) is 0 Å². The van der Waals surface area contributed by atoms with Crippen LogP contribution in [0, 0.1) is 11.6 Å². The van der Waals surface area contributed by atoms with E-state index in [0.717, 1.165) is 0 Å². The summed E-state index contributed by atoms with van der Waals surface area (Å²) in [6.07, 6.45) is 2.08. The number of benzene rings is 1. The molecule has 0 spiro atoms. The summed E-state index contributed by atoms with van der Waals surface area (Å²) in [6.45, 7) is 0.907. The van der Waals surface area contributed by atoms with Crippen molar-refractivity contribution in [3.05, 3.63) is 75.3 Å². The van der Waals surface area contributed by atoms with Crippen molar-refractivity contribution >= 4 is 0 Å². The van der Waals surface area contributed by atoms with Gasteiger partial charge in [0.25, 0.3) is 5.56 Å². The number of hydrogen-bond donors (Lipinski definition) is 1. The largest absolute Gasteiger partial charge is 0.497 e. The molecule has 8 heteroatoms. The molecule has 1 aromatic carbocycles. The van der Waals surface area contributed by atoms with Crippen LogP contribution in [0.4, 0.5) is 8.78 Å². The summed E-state index contributed by atoms with van der Waals surface area (Å²) in [5.41, 5.74) is 1.54. The van der Waals surface area contributed by atoms with Crippen LogP contribution in [0.2, 0.25) is 0 Å². The third kappa shape index (κ3) is 3.50. The molecule has 3 heterocycles. The van der Waals surface area contributed by atoms with E-state index in [4.69, 9.17) is 4.74 Å². The molecule has 6 nitrogen and oxygen atoms in total. The van der Waals surface area contributed by atoms with Gasteiger partial charge in [-0.25, -0.2) is 13.8 Å². The Bertz CT molecular complexity index is 1050. The van der Waals surface area contributed by atoms with E-state index >= 15 is 0 Å². The normalized spacial score (nSPS) is 14.0. The first-order valence-corrected chi connectivity index (χ1v) is 8.83. The highest BCUT2D eigenvalue weighted by molar-refractivity contribution is 5.49. The molecule has 28 heavy (non-hydrogen) atoms. The molecule has 0 aliphatic carbocycles. The van der Waals surface area contributed by atoms with E-state index in [-0.39, 0.29) is 23.4 Å². The van der Waals surface area contributed by atoms with Gasteiger partial charge in [-0.3, -0.25) is 14.7 Å². The lowest BCUT2D eigenvalue weighted by atomic mass is 10.0. The summed E-state index contributed by atoms with van der Waals surface area (Å²) in [4.78, 5) is 25.8. The molecule has 1 N–H and O–H groups in total. The molecule has 1 aliphatic heterocycles. The first-order chi connectivity index (χ1) is 13.5. The van der Waals surface area contributed by atoms with E-state index in [9.17, 15) is 13.6 Å². The van der Waals surface area contributed by atoms with Gasteiger partial charge in [-0.1, -0.05) is 6.07 Å². The number of pyridine rings is 1. The predicted molar refractivity (Wildman–Crippen MR) is 98.8 cm³/mol. The maximum atomic E-state index is 14.3. The van der Waals surface area contributed by atoms with Gasteiger partial charge in [0.1, 0.15) is 23.1 Å². The fourth-order valence-corrected chi connectivity index (χ4v) is 3.33. The summed E-state index contributed by atoms with van der Waals surface area (Å²) in [7, 11) is 1.36. The van der Waals surface area contributed by atoms with Gasteiger partial charge in [-0.05, 0) is 18.6 Å². The zero-order chi connectivity index (χ0) is 19.7. The van der Waals surface area contributed by atoms with Gasteiger partial charge < -0.3 is 9.72 Å². The molecule has 0 bridgehead atoms. The monoisotopic (exact) mass is 384 g/mol. The van der Waals surface area contributed by atoms with E-state index in [2.05, 4.69) is 15.0 Å². The number of hydrogen-bond acceptors (Lipinski definition) is 5. The first kappa shape index (κ1) is 18.2. The molecule has 3 aromatic rings. The zero-order valence-corrected chi connectivity index (χ0v) is 15.2. The third-order valence-corrected chi connectivity index (χ3v) is 4.79. The Morgan fingerprint density at radius 3 is 2.71 bits per heavy atom. The molecule has 0 atom stereocenters. The molecule has 0 unspecified atom stereocenters. The number of halogens is 2. The number of aromatic nitrogens is 3. The lowest BCUT2D eigenvalue weighted by Crippen LogP contribution is -2.35. The van der Waals surface area contributed by atoms with Crippen LogP contribution in [0.3, 0.4) is 0 Å². The molecular weight excluding hydrogens is 366 g/mol. The Morgan fingerprint density at radius 1 is 1.25 bits per heavy atom. The summed E-state index contributed by atoms with van der Waals surface area (Å²) in [6, 6.07) is 7.67. The number of nitrogens with zero attached hydrogens (tertiary/aromatic N) is 3. The molecule has 0 saturated heterocycles. The van der Waals surface area contributed by atoms with Gasteiger partial charge in [0.15, 0.2) is 5.82 Å². The van der Waals surface area contributed by atoms with Crippen LogP contribution in [0.15, 0.2) is 41.3 Å². The van der Waals surface area contributed by atoms with Crippen molar-refractivity contribution in [2.45, 2.75) is 19.5 Å². The van der Waals surface area contributed by atoms with Crippen LogP contribution in [0.1, 0.15) is 16.8 Å². The van der Waals surface area contributed by atoms with E-state index < -0.39 is 11.6 Å². The summed E-state index contributed by atoms with van der Waals surface area (Å²) >= 11 is 0. The molecule has 0 radical (unpaired) electrons. The highest BCUT2D eigenvalue weighted by Gasteiger charge is 2.24. The van der Waals surface area contributed by atoms with Gasteiger partial charge in [0.2, 0.25) is 0 Å². The van der Waals surface area contributed by atoms with Crippen LogP contribution in [-0.2, 0) is 19.5 Å². The van der Waals surface area contributed by atoms with E-state index in [0.29, 0.717) is 42.3 Å². The molecule has 1 aliphatic rings. The van der Waals surface area contributed by atoms with Crippen molar-refractivity contribution in [2.24, 2.45) is 0 Å². The Kier molecular flexibility index (Phi) is 4.87. The molecule has 144 valence electrons. The second-order valence-corrected chi connectivity index (χ2v) is 6.59. The van der Waals surface area contributed by atoms with Gasteiger partial charge in [-0.15, -0.1) is 0 Å². The lowest BCUT2D eigenvalue weighted by Gasteiger charge is -2.28. The highest BCUT2D eigenvalue weighted by Crippen LogP contribution is 2.24. The second-order valence-electron chi connectivity index (χ2n) is 6.59. The summed E-state index contributed by atoms with van der Waals surface area (Å²) in [5.74, 6) is -0.796. The van der Waals surface area contributed by atoms with Crippen LogP contribution >= 0.6 is 0 Å². The summed E-state index contributed by atoms with van der Waals surface area (Å²) < 4.78 is 33.4. The van der Waals surface area contributed by atoms with Gasteiger partial charge >= 0.3 is 0 Å². The lowest BCUT2D eigenvalue weighted by molar-refractivity contribution is 0.233. The second kappa shape index (κ2) is 7.47. The average molecular weight is 384 g/mol. The number of fused-ring (bicyclic) bond motifs is 1. The SMILES string of the molecule is COc1cc(F)c(CN2CCc3c(nc(-c4ccccn4)[nH]c3=O)C2)c(F)c1.